The minimum absolute atomic E-state index is 0.00427. The molecule has 2 heterocycles. The number of methoxy groups -OCH3 is 1. The summed E-state index contributed by atoms with van der Waals surface area (Å²) in [6, 6.07) is 28.1. The third-order valence-electron chi connectivity index (χ3n) is 6.09. The lowest BCUT2D eigenvalue weighted by atomic mass is 9.98. The van der Waals surface area contributed by atoms with Crippen molar-refractivity contribution in [1.82, 2.24) is 9.55 Å². The zero-order valence-electron chi connectivity index (χ0n) is 18.9. The third-order valence-corrected chi connectivity index (χ3v) is 6.09. The van der Waals surface area contributed by atoms with Crippen LogP contribution >= 0.6 is 0 Å². The Labute approximate surface area is 193 Å². The molecule has 4 nitrogen and oxygen atoms in total. The summed E-state index contributed by atoms with van der Waals surface area (Å²) in [4.78, 5) is 18.6. The van der Waals surface area contributed by atoms with Crippen molar-refractivity contribution in [3.8, 4) is 5.75 Å². The van der Waals surface area contributed by atoms with Crippen LogP contribution < -0.4 is 4.74 Å². The highest BCUT2D eigenvalue weighted by molar-refractivity contribution is 6.14. The predicted molar refractivity (Wildman–Crippen MR) is 133 cm³/mol. The van der Waals surface area contributed by atoms with E-state index in [0.717, 1.165) is 52.8 Å². The molecule has 0 unspecified atom stereocenters. The molecule has 5 aromatic rings. The highest BCUT2D eigenvalue weighted by atomic mass is 16.5. The Hall–Kier alpha value is -3.92. The number of pyridine rings is 1. The molecular formula is C29H26N2O2. The molecule has 0 amide bonds. The summed E-state index contributed by atoms with van der Waals surface area (Å²) < 4.78 is 7.51. The number of rotatable bonds is 7. The molecule has 0 fully saturated rings. The molecule has 164 valence electrons. The van der Waals surface area contributed by atoms with Gasteiger partial charge in [0.15, 0.2) is 5.78 Å². The van der Waals surface area contributed by atoms with Gasteiger partial charge in [0, 0.05) is 28.4 Å². The Balaban J connectivity index is 1.70. The Morgan fingerprint density at radius 1 is 0.909 bits per heavy atom. The lowest BCUT2D eigenvalue weighted by Gasteiger charge is -2.11. The molecule has 0 bridgehead atoms. The van der Waals surface area contributed by atoms with E-state index in [9.17, 15) is 4.79 Å². The van der Waals surface area contributed by atoms with E-state index in [1.165, 1.54) is 5.56 Å². The molecule has 0 atom stereocenters. The number of aromatic nitrogens is 2. The summed E-state index contributed by atoms with van der Waals surface area (Å²) in [7, 11) is 1.62. The van der Waals surface area contributed by atoms with Crippen molar-refractivity contribution in [3.63, 3.8) is 0 Å². The summed E-state index contributed by atoms with van der Waals surface area (Å²) in [6.07, 6.45) is 1.67. The molecular weight excluding hydrogens is 408 g/mol. The molecule has 2 aromatic heterocycles. The fraction of sp³-hybridized carbons (Fsp3) is 0.172. The monoisotopic (exact) mass is 434 g/mol. The van der Waals surface area contributed by atoms with Crippen LogP contribution in [-0.4, -0.2) is 22.4 Å². The van der Waals surface area contributed by atoms with Crippen LogP contribution in [0.4, 0.5) is 0 Å². The summed E-state index contributed by atoms with van der Waals surface area (Å²) in [5.74, 6) is 0.730. The highest BCUT2D eigenvalue weighted by Gasteiger charge is 2.20. The predicted octanol–water partition coefficient (Wildman–Crippen LogP) is 6.43. The minimum atomic E-state index is -0.00427. The molecule has 0 radical (unpaired) electrons. The van der Waals surface area contributed by atoms with E-state index in [4.69, 9.17) is 9.72 Å². The lowest BCUT2D eigenvalue weighted by molar-refractivity contribution is 0.103. The van der Waals surface area contributed by atoms with Gasteiger partial charge in [-0.3, -0.25) is 4.79 Å². The van der Waals surface area contributed by atoms with Gasteiger partial charge < -0.3 is 9.30 Å². The largest absolute Gasteiger partial charge is 0.497 e. The topological polar surface area (TPSA) is 44.1 Å². The van der Waals surface area contributed by atoms with Crippen molar-refractivity contribution in [1.29, 1.82) is 0 Å². The minimum Gasteiger partial charge on any atom is -0.497 e. The van der Waals surface area contributed by atoms with Gasteiger partial charge in [0.2, 0.25) is 0 Å². The molecule has 0 saturated heterocycles. The fourth-order valence-corrected chi connectivity index (χ4v) is 4.44. The van der Waals surface area contributed by atoms with Crippen molar-refractivity contribution in [3.05, 3.63) is 107 Å². The summed E-state index contributed by atoms with van der Waals surface area (Å²) in [5.41, 5.74) is 5.44. The van der Waals surface area contributed by atoms with Gasteiger partial charge >= 0.3 is 0 Å². The fourth-order valence-electron chi connectivity index (χ4n) is 4.44. The van der Waals surface area contributed by atoms with Crippen LogP contribution in [0, 0.1) is 0 Å². The second-order valence-corrected chi connectivity index (χ2v) is 8.25. The maximum Gasteiger partial charge on any atom is 0.194 e. The number of nitrogens with zero attached hydrogens (tertiary/aromatic N) is 2. The number of fused-ring (bicyclic) bond motifs is 3. The third kappa shape index (κ3) is 3.89. The SMILES string of the molecule is CCCc1nc2c(cc1C(=O)c1ccc(OC)cc1)c1ccccc1n2Cc1ccccc1. The van der Waals surface area contributed by atoms with Crippen LogP contribution in [0.3, 0.4) is 0 Å². The van der Waals surface area contributed by atoms with E-state index in [1.807, 2.05) is 42.5 Å². The quantitative estimate of drug-likeness (QED) is 0.277. The van der Waals surface area contributed by atoms with Crippen LogP contribution in [0.2, 0.25) is 0 Å². The number of hydrogen-bond donors (Lipinski definition) is 0. The molecule has 4 heteroatoms. The second-order valence-electron chi connectivity index (χ2n) is 8.25. The van der Waals surface area contributed by atoms with Crippen LogP contribution in [0.25, 0.3) is 21.9 Å². The standard InChI is InChI=1S/C29H26N2O2/c1-3-9-26-25(28(32)21-14-16-22(33-2)17-15-21)18-24-23-12-7-8-13-27(23)31(29(24)30-26)19-20-10-5-4-6-11-20/h4-8,10-18H,3,9,19H2,1-2H3. The van der Waals surface area contributed by atoms with Crippen molar-refractivity contribution in [2.45, 2.75) is 26.3 Å². The van der Waals surface area contributed by atoms with Gasteiger partial charge in [-0.1, -0.05) is 61.9 Å². The number of carbonyl (C=O) groups is 1. The number of hydrogen-bond acceptors (Lipinski definition) is 3. The van der Waals surface area contributed by atoms with Gasteiger partial charge in [-0.05, 0) is 48.4 Å². The van der Waals surface area contributed by atoms with Crippen LogP contribution in [0.5, 0.6) is 5.75 Å². The van der Waals surface area contributed by atoms with E-state index < -0.39 is 0 Å². The molecule has 0 aliphatic heterocycles. The summed E-state index contributed by atoms with van der Waals surface area (Å²) in [5, 5.41) is 2.13. The first-order valence-corrected chi connectivity index (χ1v) is 11.3. The maximum atomic E-state index is 13.5. The molecule has 0 aliphatic carbocycles. The maximum absolute atomic E-state index is 13.5. The first-order chi connectivity index (χ1) is 16.2. The van der Waals surface area contributed by atoms with Gasteiger partial charge in [-0.2, -0.15) is 0 Å². The Bertz CT molecular complexity index is 1430. The van der Waals surface area contributed by atoms with E-state index in [-0.39, 0.29) is 5.78 Å². The molecule has 0 N–H and O–H groups in total. The van der Waals surface area contributed by atoms with Gasteiger partial charge in [0.05, 0.1) is 18.3 Å². The van der Waals surface area contributed by atoms with Gasteiger partial charge in [-0.25, -0.2) is 4.98 Å². The first-order valence-electron chi connectivity index (χ1n) is 11.3. The number of benzene rings is 3. The molecule has 0 spiro atoms. The van der Waals surface area contributed by atoms with E-state index in [1.54, 1.807) is 7.11 Å². The number of ketones is 1. The Morgan fingerprint density at radius 3 is 2.36 bits per heavy atom. The van der Waals surface area contributed by atoms with Crippen LogP contribution in [0.1, 0.15) is 40.5 Å². The average Bonchev–Trinajstić information content (AvgIpc) is 3.16. The number of aryl methyl sites for hydroxylation is 1. The molecule has 33 heavy (non-hydrogen) atoms. The van der Waals surface area contributed by atoms with Crippen LogP contribution in [0.15, 0.2) is 84.9 Å². The van der Waals surface area contributed by atoms with Crippen molar-refractivity contribution < 1.29 is 9.53 Å². The van der Waals surface area contributed by atoms with E-state index in [0.29, 0.717) is 11.1 Å². The zero-order chi connectivity index (χ0) is 22.8. The smallest absolute Gasteiger partial charge is 0.194 e. The molecule has 0 aliphatic rings. The van der Waals surface area contributed by atoms with Crippen molar-refractivity contribution in [2.24, 2.45) is 0 Å². The van der Waals surface area contributed by atoms with E-state index in [2.05, 4.69) is 54.0 Å². The second kappa shape index (κ2) is 8.91. The molecule has 5 rings (SSSR count). The van der Waals surface area contributed by atoms with Gasteiger partial charge in [-0.15, -0.1) is 0 Å². The van der Waals surface area contributed by atoms with Gasteiger partial charge in [0.25, 0.3) is 0 Å². The summed E-state index contributed by atoms with van der Waals surface area (Å²) in [6.45, 7) is 2.85. The van der Waals surface area contributed by atoms with E-state index >= 15 is 0 Å². The van der Waals surface area contributed by atoms with Gasteiger partial charge in [0.1, 0.15) is 11.4 Å². The number of para-hydroxylation sites is 1. The lowest BCUT2D eigenvalue weighted by Crippen LogP contribution is -2.09. The average molecular weight is 435 g/mol. The number of carbonyl (C=O) groups excluding carboxylic acids is 1. The molecule has 3 aromatic carbocycles. The summed E-state index contributed by atoms with van der Waals surface area (Å²) >= 11 is 0. The molecule has 0 saturated carbocycles. The normalized spacial score (nSPS) is 11.2. The number of ether oxygens (including phenoxy) is 1. The van der Waals surface area contributed by atoms with Crippen molar-refractivity contribution >= 4 is 27.7 Å². The highest BCUT2D eigenvalue weighted by Crippen LogP contribution is 2.31. The first kappa shape index (κ1) is 21.0. The van der Waals surface area contributed by atoms with Crippen molar-refractivity contribution in [2.75, 3.05) is 7.11 Å². The zero-order valence-corrected chi connectivity index (χ0v) is 18.9. The Kier molecular flexibility index (Phi) is 5.66. The van der Waals surface area contributed by atoms with Crippen LogP contribution in [-0.2, 0) is 13.0 Å². The Morgan fingerprint density at radius 2 is 1.64 bits per heavy atom.